The van der Waals surface area contributed by atoms with Crippen LogP contribution in [0.5, 0.6) is 11.5 Å². The van der Waals surface area contributed by atoms with E-state index >= 15 is 0 Å². The van der Waals surface area contributed by atoms with Crippen molar-refractivity contribution in [3.05, 3.63) is 53.2 Å². The Bertz CT molecular complexity index is 1070. The normalized spacial score (nSPS) is 11.8. The Morgan fingerprint density at radius 3 is 2.48 bits per heavy atom. The van der Waals surface area contributed by atoms with Crippen LogP contribution in [-0.2, 0) is 9.53 Å². The van der Waals surface area contributed by atoms with Gasteiger partial charge in [-0.15, -0.1) is 0 Å². The Morgan fingerprint density at radius 1 is 1.03 bits per heavy atom. The molecule has 3 rings (SSSR count). The number of benzene rings is 2. The van der Waals surface area contributed by atoms with Crippen molar-refractivity contribution in [3.63, 3.8) is 0 Å². The number of aryl methyl sites for hydroxylation is 2. The van der Waals surface area contributed by atoms with Gasteiger partial charge >= 0.3 is 5.97 Å². The molecule has 3 aromatic rings. The number of H-pyrrole nitrogens is 1. The minimum absolute atomic E-state index is 0.387. The second-order valence-electron chi connectivity index (χ2n) is 6.74. The molecule has 29 heavy (non-hydrogen) atoms. The fraction of sp³-hybridized carbons (Fsp3) is 0.273. The first-order chi connectivity index (χ1) is 13.8. The Hall–Kier alpha value is -3.48. The number of nitrogens with one attached hydrogen (secondary N) is 2. The number of ether oxygens (including phenoxy) is 3. The maximum Gasteiger partial charge on any atom is 0.338 e. The summed E-state index contributed by atoms with van der Waals surface area (Å²) in [6, 6.07) is 10.3. The number of carbonyl (C=O) groups excluding carboxylic acids is 2. The lowest BCUT2D eigenvalue weighted by atomic mass is 10.1. The molecular formula is C22H24N2O5. The number of hydrogen-bond donors (Lipinski definition) is 2. The summed E-state index contributed by atoms with van der Waals surface area (Å²) in [5, 5.41) is 3.66. The minimum Gasteiger partial charge on any atom is -0.497 e. The quantitative estimate of drug-likeness (QED) is 0.615. The van der Waals surface area contributed by atoms with Gasteiger partial charge in [0.15, 0.2) is 6.10 Å². The van der Waals surface area contributed by atoms with E-state index in [0.717, 1.165) is 22.2 Å². The molecule has 152 valence electrons. The number of carbonyl (C=O) groups is 2. The average Bonchev–Trinajstić information content (AvgIpc) is 3.01. The zero-order chi connectivity index (χ0) is 21.1. The van der Waals surface area contributed by atoms with Crippen LogP contribution in [0.3, 0.4) is 0 Å². The predicted molar refractivity (Wildman–Crippen MR) is 111 cm³/mol. The van der Waals surface area contributed by atoms with Crippen LogP contribution < -0.4 is 14.8 Å². The monoisotopic (exact) mass is 396 g/mol. The van der Waals surface area contributed by atoms with Gasteiger partial charge in [0.05, 0.1) is 25.5 Å². The van der Waals surface area contributed by atoms with Crippen LogP contribution in [0.4, 0.5) is 5.69 Å². The van der Waals surface area contributed by atoms with Gasteiger partial charge in [-0.25, -0.2) is 4.79 Å². The zero-order valence-corrected chi connectivity index (χ0v) is 17.1. The largest absolute Gasteiger partial charge is 0.497 e. The van der Waals surface area contributed by atoms with Crippen molar-refractivity contribution in [1.82, 2.24) is 4.98 Å². The molecule has 0 aliphatic carbocycles. The molecular weight excluding hydrogens is 372 g/mol. The molecule has 7 heteroatoms. The van der Waals surface area contributed by atoms with E-state index in [2.05, 4.69) is 10.3 Å². The Morgan fingerprint density at radius 2 is 1.79 bits per heavy atom. The summed E-state index contributed by atoms with van der Waals surface area (Å²) in [6.07, 6.45) is -0.997. The molecule has 2 aromatic carbocycles. The standard InChI is InChI=1S/C22H24N2O5/c1-12-13(2)23-18-8-6-15(10-17(12)18)22(26)29-14(3)21(25)24-19-11-16(27-4)7-9-20(19)28-5/h6-11,14,23H,1-5H3,(H,24,25)/t14-/m1/s1. The van der Waals surface area contributed by atoms with Crippen molar-refractivity contribution in [2.45, 2.75) is 26.9 Å². The first-order valence-corrected chi connectivity index (χ1v) is 9.16. The van der Waals surface area contributed by atoms with Gasteiger partial charge in [0.25, 0.3) is 5.91 Å². The lowest BCUT2D eigenvalue weighted by Crippen LogP contribution is -2.30. The van der Waals surface area contributed by atoms with Crippen LogP contribution in [0.15, 0.2) is 36.4 Å². The van der Waals surface area contributed by atoms with E-state index in [-0.39, 0.29) is 0 Å². The number of hydrogen-bond acceptors (Lipinski definition) is 5. The zero-order valence-electron chi connectivity index (χ0n) is 17.1. The van der Waals surface area contributed by atoms with E-state index in [1.165, 1.54) is 21.1 Å². The van der Waals surface area contributed by atoms with Gasteiger partial charge in [0.2, 0.25) is 0 Å². The van der Waals surface area contributed by atoms with Crippen LogP contribution in [0.1, 0.15) is 28.5 Å². The van der Waals surface area contributed by atoms with E-state index < -0.39 is 18.0 Å². The third kappa shape index (κ3) is 4.18. The highest BCUT2D eigenvalue weighted by Gasteiger charge is 2.21. The maximum atomic E-state index is 12.5. The van der Waals surface area contributed by atoms with Crippen LogP contribution in [-0.4, -0.2) is 37.2 Å². The minimum atomic E-state index is -0.997. The van der Waals surface area contributed by atoms with Crippen LogP contribution in [0.25, 0.3) is 10.9 Å². The molecule has 1 atom stereocenters. The highest BCUT2D eigenvalue weighted by Crippen LogP contribution is 2.29. The molecule has 7 nitrogen and oxygen atoms in total. The van der Waals surface area contributed by atoms with Crippen molar-refractivity contribution in [1.29, 1.82) is 0 Å². The summed E-state index contributed by atoms with van der Waals surface area (Å²) in [7, 11) is 3.03. The van der Waals surface area contributed by atoms with Gasteiger partial charge in [-0.3, -0.25) is 4.79 Å². The second-order valence-corrected chi connectivity index (χ2v) is 6.74. The van der Waals surface area contributed by atoms with Crippen LogP contribution in [0.2, 0.25) is 0 Å². The Kier molecular flexibility index (Phi) is 5.77. The topological polar surface area (TPSA) is 89.7 Å². The highest BCUT2D eigenvalue weighted by atomic mass is 16.5. The SMILES string of the molecule is COc1ccc(OC)c(NC(=O)[C@@H](C)OC(=O)c2ccc3[nH]c(C)c(C)c3c2)c1. The van der Waals surface area contributed by atoms with E-state index in [1.54, 1.807) is 30.3 Å². The van der Waals surface area contributed by atoms with Crippen LogP contribution >= 0.6 is 0 Å². The Balaban J connectivity index is 1.72. The molecule has 1 heterocycles. The van der Waals surface area contributed by atoms with Crippen LogP contribution in [0, 0.1) is 13.8 Å². The molecule has 1 aromatic heterocycles. The van der Waals surface area contributed by atoms with Gasteiger partial charge in [-0.05, 0) is 56.7 Å². The molecule has 0 saturated heterocycles. The molecule has 2 N–H and O–H groups in total. The first kappa shape index (κ1) is 20.3. The molecule has 0 aliphatic rings. The van der Waals surface area contributed by atoms with Crippen molar-refractivity contribution >= 4 is 28.5 Å². The van der Waals surface area contributed by atoms with Crippen molar-refractivity contribution in [2.24, 2.45) is 0 Å². The summed E-state index contributed by atoms with van der Waals surface area (Å²) < 4.78 is 15.8. The molecule has 0 radical (unpaired) electrons. The van der Waals surface area contributed by atoms with E-state index in [4.69, 9.17) is 14.2 Å². The lowest BCUT2D eigenvalue weighted by molar-refractivity contribution is -0.123. The molecule has 0 spiro atoms. The third-order valence-electron chi connectivity index (χ3n) is 4.86. The predicted octanol–water partition coefficient (Wildman–Crippen LogP) is 3.99. The van der Waals surface area contributed by atoms with Gasteiger partial charge < -0.3 is 24.5 Å². The molecule has 0 unspecified atom stereocenters. The number of anilines is 1. The lowest BCUT2D eigenvalue weighted by Gasteiger charge is -2.16. The number of aromatic amines is 1. The van der Waals surface area contributed by atoms with E-state index in [1.807, 2.05) is 19.9 Å². The molecule has 0 aliphatic heterocycles. The second kappa shape index (κ2) is 8.26. The molecule has 1 amide bonds. The number of methoxy groups -OCH3 is 2. The smallest absolute Gasteiger partial charge is 0.338 e. The van der Waals surface area contributed by atoms with E-state index in [0.29, 0.717) is 22.7 Å². The van der Waals surface area contributed by atoms with Crippen molar-refractivity contribution in [3.8, 4) is 11.5 Å². The molecule has 0 bridgehead atoms. The number of fused-ring (bicyclic) bond motifs is 1. The number of esters is 1. The fourth-order valence-electron chi connectivity index (χ4n) is 3.02. The highest BCUT2D eigenvalue weighted by molar-refractivity contribution is 6.00. The van der Waals surface area contributed by atoms with Gasteiger partial charge in [-0.2, -0.15) is 0 Å². The summed E-state index contributed by atoms with van der Waals surface area (Å²) in [6.45, 7) is 5.48. The van der Waals surface area contributed by atoms with Gasteiger partial charge in [-0.1, -0.05) is 0 Å². The average molecular weight is 396 g/mol. The summed E-state index contributed by atoms with van der Waals surface area (Å²) in [5.41, 5.74) is 3.89. The fourth-order valence-corrected chi connectivity index (χ4v) is 3.02. The summed E-state index contributed by atoms with van der Waals surface area (Å²) in [5.74, 6) is 0.00251. The third-order valence-corrected chi connectivity index (χ3v) is 4.86. The van der Waals surface area contributed by atoms with Crippen molar-refractivity contribution in [2.75, 3.05) is 19.5 Å². The number of rotatable bonds is 6. The molecule has 0 saturated carbocycles. The number of aromatic nitrogens is 1. The van der Waals surface area contributed by atoms with Gasteiger partial charge in [0.1, 0.15) is 11.5 Å². The summed E-state index contributed by atoms with van der Waals surface area (Å²) in [4.78, 5) is 28.3. The summed E-state index contributed by atoms with van der Waals surface area (Å²) >= 11 is 0. The first-order valence-electron chi connectivity index (χ1n) is 9.16. The van der Waals surface area contributed by atoms with Gasteiger partial charge in [0, 0.05) is 22.7 Å². The molecule has 0 fully saturated rings. The Labute approximate surface area is 169 Å². The van der Waals surface area contributed by atoms with E-state index in [9.17, 15) is 9.59 Å². The number of amides is 1. The maximum absolute atomic E-state index is 12.5. The van der Waals surface area contributed by atoms with Crippen molar-refractivity contribution < 1.29 is 23.8 Å².